The minimum atomic E-state index is -1.20. The highest BCUT2D eigenvalue weighted by atomic mass is 32.1. The standard InChI is InChI=1S/C44H18F4N4O2S4/c1-52-31(17-51)35-22-12-28(46)30(48)14-24(22)39(54)26(35)8-20-10-33-41(56-20)37-43(58-33)42-36(44(37)5-3-2-4-6-44)40-32(57-42)9-19(55-40)7-25-34(18(15-49)16-50)21-11-27(45)29(47)13-23(21)38(25)53/h7-14H,2-6H2/b25-7+,26-8-,35-31+. The molecule has 278 valence electrons. The summed E-state index contributed by atoms with van der Waals surface area (Å²) in [7, 11) is 0. The maximum absolute atomic E-state index is 14.4. The van der Waals surface area contributed by atoms with Gasteiger partial charge in [0.05, 0.1) is 31.8 Å². The lowest BCUT2D eigenvalue weighted by Gasteiger charge is -2.35. The molecule has 4 aliphatic rings. The zero-order valence-electron chi connectivity index (χ0n) is 29.4. The van der Waals surface area contributed by atoms with Crippen molar-refractivity contribution in [3.63, 3.8) is 0 Å². The quantitative estimate of drug-likeness (QED) is 0.0746. The minimum absolute atomic E-state index is 0.00172. The van der Waals surface area contributed by atoms with Crippen molar-refractivity contribution in [3.05, 3.63) is 137 Å². The fraction of sp³-hybridized carbons (Fsp3) is 0.136. The third-order valence-electron chi connectivity index (χ3n) is 11.3. The minimum Gasteiger partial charge on any atom is -0.289 e. The Morgan fingerprint density at radius 1 is 0.638 bits per heavy atom. The predicted molar refractivity (Wildman–Crippen MR) is 217 cm³/mol. The van der Waals surface area contributed by atoms with E-state index < -0.39 is 40.5 Å². The molecular formula is C44H18F4N4O2S4. The van der Waals surface area contributed by atoms with Gasteiger partial charge in [-0.15, -0.1) is 45.3 Å². The van der Waals surface area contributed by atoms with Crippen LogP contribution in [0.15, 0.2) is 58.8 Å². The van der Waals surface area contributed by atoms with Crippen LogP contribution in [0.1, 0.15) is 84.8 Å². The molecule has 4 aromatic heterocycles. The van der Waals surface area contributed by atoms with Crippen LogP contribution in [-0.2, 0) is 5.41 Å². The summed E-state index contributed by atoms with van der Waals surface area (Å²) in [5, 5.41) is 29.3. The van der Waals surface area contributed by atoms with Gasteiger partial charge in [-0.25, -0.2) is 27.7 Å². The highest BCUT2D eigenvalue weighted by Gasteiger charge is 2.49. The van der Waals surface area contributed by atoms with E-state index >= 15 is 0 Å². The Kier molecular flexibility index (Phi) is 8.02. The second kappa shape index (κ2) is 12.9. The third kappa shape index (κ3) is 4.87. The highest BCUT2D eigenvalue weighted by Crippen LogP contribution is 2.66. The van der Waals surface area contributed by atoms with Gasteiger partial charge in [-0.2, -0.15) is 10.5 Å². The Balaban J connectivity index is 1.10. The summed E-state index contributed by atoms with van der Waals surface area (Å²) in [5.74, 6) is -5.98. The highest BCUT2D eigenvalue weighted by molar-refractivity contribution is 7.35. The number of fused-ring (bicyclic) bond motifs is 11. The number of halogens is 4. The molecule has 14 heteroatoms. The summed E-state index contributed by atoms with van der Waals surface area (Å²) in [6.07, 6.45) is 8.07. The predicted octanol–water partition coefficient (Wildman–Crippen LogP) is 12.5. The van der Waals surface area contributed by atoms with E-state index in [0.29, 0.717) is 9.75 Å². The number of nitrogens with zero attached hydrogens (tertiary/aromatic N) is 4. The molecule has 0 atom stereocenters. The Labute approximate surface area is 342 Å². The molecule has 0 saturated heterocycles. The van der Waals surface area contributed by atoms with Crippen LogP contribution in [0.3, 0.4) is 0 Å². The lowest BCUT2D eigenvalue weighted by Crippen LogP contribution is -2.27. The second-order valence-electron chi connectivity index (χ2n) is 14.3. The van der Waals surface area contributed by atoms with Crippen molar-refractivity contribution in [2.24, 2.45) is 0 Å². The van der Waals surface area contributed by atoms with Crippen molar-refractivity contribution in [2.45, 2.75) is 37.5 Å². The van der Waals surface area contributed by atoms with Crippen LogP contribution in [0, 0.1) is 63.8 Å². The molecule has 4 aliphatic carbocycles. The first-order chi connectivity index (χ1) is 28.0. The van der Waals surface area contributed by atoms with Gasteiger partial charge in [0.2, 0.25) is 0 Å². The van der Waals surface area contributed by atoms with Gasteiger partial charge in [0.1, 0.15) is 17.7 Å². The molecule has 0 aliphatic heterocycles. The Morgan fingerprint density at radius 3 is 1.53 bits per heavy atom. The van der Waals surface area contributed by atoms with E-state index in [4.69, 9.17) is 6.57 Å². The van der Waals surface area contributed by atoms with Crippen molar-refractivity contribution >= 4 is 99.0 Å². The number of ketones is 2. The fourth-order valence-corrected chi connectivity index (χ4v) is 14.7. The molecule has 1 saturated carbocycles. The van der Waals surface area contributed by atoms with Gasteiger partial charge < -0.3 is 0 Å². The zero-order chi connectivity index (χ0) is 40.4. The van der Waals surface area contributed by atoms with Crippen molar-refractivity contribution in [2.75, 3.05) is 0 Å². The second-order valence-corrected chi connectivity index (χ2v) is 18.5. The monoisotopic (exact) mass is 838 g/mol. The van der Waals surface area contributed by atoms with Crippen LogP contribution in [-0.4, -0.2) is 11.6 Å². The topological polar surface area (TPSA) is 110 Å². The number of thiophene rings is 4. The molecule has 0 unspecified atom stereocenters. The Bertz CT molecular complexity index is 3050. The van der Waals surface area contributed by atoms with Crippen molar-refractivity contribution < 1.29 is 27.2 Å². The van der Waals surface area contributed by atoms with Gasteiger partial charge in [0.25, 0.3) is 5.70 Å². The first kappa shape index (κ1) is 36.1. The lowest BCUT2D eigenvalue weighted by molar-refractivity contribution is 0.103. The van der Waals surface area contributed by atoms with E-state index in [0.717, 1.165) is 75.2 Å². The molecule has 2 aromatic carbocycles. The van der Waals surface area contributed by atoms with Crippen LogP contribution in [0.5, 0.6) is 0 Å². The van der Waals surface area contributed by atoms with E-state index in [2.05, 4.69) is 4.85 Å². The SMILES string of the molecule is [C-]#[N+]/C(C#N)=C1/C(=C/c2cc3sc4c(c3s2)C2(CCCCC2)c2c-4sc3cc(/C=C4/C(=O)c5cc(F)c(F)cc5C4=C(C#N)C#N)sc23)C(=O)c2cc(F)c(F)cc21. The molecule has 1 spiro atoms. The molecule has 0 amide bonds. The largest absolute Gasteiger partial charge is 0.289 e. The average Bonchev–Trinajstić information content (AvgIpc) is 4.06. The normalized spacial score (nSPS) is 18.4. The van der Waals surface area contributed by atoms with Crippen LogP contribution >= 0.6 is 45.3 Å². The van der Waals surface area contributed by atoms with Crippen molar-refractivity contribution in [1.82, 2.24) is 0 Å². The van der Waals surface area contributed by atoms with Gasteiger partial charge in [0, 0.05) is 69.1 Å². The van der Waals surface area contributed by atoms with E-state index in [1.807, 2.05) is 30.3 Å². The number of hydrogen-bond acceptors (Lipinski definition) is 9. The molecule has 1 fully saturated rings. The van der Waals surface area contributed by atoms with Gasteiger partial charge in [-0.3, -0.25) is 9.59 Å². The van der Waals surface area contributed by atoms with Gasteiger partial charge in [0.15, 0.2) is 34.8 Å². The molecule has 6 aromatic rings. The summed E-state index contributed by atoms with van der Waals surface area (Å²) < 4.78 is 61.5. The van der Waals surface area contributed by atoms with Crippen molar-refractivity contribution in [1.29, 1.82) is 15.8 Å². The lowest BCUT2D eigenvalue weighted by atomic mass is 9.68. The van der Waals surface area contributed by atoms with Crippen LogP contribution < -0.4 is 0 Å². The number of hydrogen-bond donors (Lipinski definition) is 0. The molecule has 0 radical (unpaired) electrons. The Morgan fingerprint density at radius 2 is 1.09 bits per heavy atom. The maximum Gasteiger partial charge on any atom is 0.270 e. The number of benzene rings is 2. The summed E-state index contributed by atoms with van der Waals surface area (Å²) in [6.45, 7) is 7.59. The molecule has 4 heterocycles. The molecule has 0 N–H and O–H groups in total. The molecule has 58 heavy (non-hydrogen) atoms. The van der Waals surface area contributed by atoms with Gasteiger partial charge in [-0.05, 0) is 72.5 Å². The zero-order valence-corrected chi connectivity index (χ0v) is 32.7. The molecular weight excluding hydrogens is 821 g/mol. The van der Waals surface area contributed by atoms with E-state index in [1.54, 1.807) is 34.8 Å². The first-order valence-electron chi connectivity index (χ1n) is 17.7. The van der Waals surface area contributed by atoms with Gasteiger partial charge in [-0.1, -0.05) is 19.3 Å². The summed E-state index contributed by atoms with van der Waals surface area (Å²) in [5.41, 5.74) is 1.15. The number of rotatable bonds is 2. The van der Waals surface area contributed by atoms with E-state index in [9.17, 15) is 42.9 Å². The van der Waals surface area contributed by atoms with Gasteiger partial charge >= 0.3 is 0 Å². The summed E-state index contributed by atoms with van der Waals surface area (Å²) in [6, 6.07) is 12.7. The molecule has 6 nitrogen and oxygen atoms in total. The first-order valence-corrected chi connectivity index (χ1v) is 21.0. The molecule has 0 bridgehead atoms. The van der Waals surface area contributed by atoms with Crippen LogP contribution in [0.2, 0.25) is 0 Å². The summed E-state index contributed by atoms with van der Waals surface area (Å²) >= 11 is 6.28. The smallest absolute Gasteiger partial charge is 0.270 e. The average molecular weight is 839 g/mol. The number of allylic oxidation sites excluding steroid dienone is 6. The molecule has 10 rings (SSSR count). The third-order valence-corrected chi connectivity index (χ3v) is 16.2. The fourth-order valence-electron chi connectivity index (χ4n) is 8.97. The maximum atomic E-state index is 14.4. The summed E-state index contributed by atoms with van der Waals surface area (Å²) in [4.78, 5) is 34.3. The number of nitriles is 3. The Hall–Kier alpha value is -6.26. The van der Waals surface area contributed by atoms with Crippen molar-refractivity contribution in [3.8, 4) is 28.0 Å². The van der Waals surface area contributed by atoms with E-state index in [-0.39, 0.29) is 55.5 Å². The number of carbonyl (C=O) groups is 2. The van der Waals surface area contributed by atoms with Crippen LogP contribution in [0.25, 0.3) is 56.7 Å². The number of carbonyl (C=O) groups excluding carboxylic acids is 2. The number of Topliss-reactive ketones (excluding diaryl/α,β-unsaturated/α-hetero) is 2. The van der Waals surface area contributed by atoms with E-state index in [1.165, 1.54) is 43.6 Å². The van der Waals surface area contributed by atoms with Crippen LogP contribution in [0.4, 0.5) is 17.6 Å².